The number of nitrogens with zero attached hydrogens (tertiary/aromatic N) is 5. The summed E-state index contributed by atoms with van der Waals surface area (Å²) >= 11 is 0. The number of halogens is 2. The maximum atomic E-state index is 13.5. The summed E-state index contributed by atoms with van der Waals surface area (Å²) in [7, 11) is 0. The minimum absolute atomic E-state index is 0.555. The number of benzene rings is 1. The van der Waals surface area contributed by atoms with E-state index in [1.807, 2.05) is 30.5 Å². The van der Waals surface area contributed by atoms with Crippen LogP contribution in [-0.2, 0) is 19.5 Å². The molecule has 154 valence electrons. The van der Waals surface area contributed by atoms with Gasteiger partial charge < -0.3 is 0 Å². The second-order valence-corrected chi connectivity index (χ2v) is 7.54. The van der Waals surface area contributed by atoms with Crippen LogP contribution < -0.4 is 0 Å². The van der Waals surface area contributed by atoms with E-state index >= 15 is 0 Å². The molecule has 0 radical (unpaired) electrons. The van der Waals surface area contributed by atoms with E-state index in [-0.39, 0.29) is 0 Å². The van der Waals surface area contributed by atoms with Crippen molar-refractivity contribution in [3.8, 4) is 22.6 Å². The maximum absolute atomic E-state index is 13.5. The molecule has 1 aromatic carbocycles. The lowest BCUT2D eigenvalue weighted by Gasteiger charge is -2.28. The molecule has 0 N–H and O–H groups in total. The van der Waals surface area contributed by atoms with E-state index in [2.05, 4.69) is 19.9 Å². The highest BCUT2D eigenvalue weighted by atomic mass is 19.2. The number of aromatic nitrogens is 4. The second kappa shape index (κ2) is 8.28. The first kappa shape index (κ1) is 19.4. The predicted octanol–water partition coefficient (Wildman–Crippen LogP) is 4.44. The van der Waals surface area contributed by atoms with E-state index in [1.165, 1.54) is 12.1 Å². The zero-order valence-electron chi connectivity index (χ0n) is 16.7. The van der Waals surface area contributed by atoms with E-state index in [9.17, 15) is 8.78 Å². The highest BCUT2D eigenvalue weighted by molar-refractivity contribution is 5.59. The summed E-state index contributed by atoms with van der Waals surface area (Å²) in [5, 5.41) is 0. The average molecular weight is 415 g/mol. The SMILES string of the molecule is Fc1ccc(-c2ccc(CN3CCc4nc(-c5ccncc5)ncc4C3)cn2)cc1F. The van der Waals surface area contributed by atoms with Crippen molar-refractivity contribution in [2.75, 3.05) is 6.54 Å². The number of fused-ring (bicyclic) bond motifs is 1. The minimum Gasteiger partial charge on any atom is -0.294 e. The molecule has 0 amide bonds. The normalized spacial score (nSPS) is 13.7. The quantitative estimate of drug-likeness (QED) is 0.493. The Morgan fingerprint density at radius 3 is 2.52 bits per heavy atom. The largest absolute Gasteiger partial charge is 0.294 e. The summed E-state index contributed by atoms with van der Waals surface area (Å²) in [6.45, 7) is 2.41. The molecule has 4 aromatic rings. The summed E-state index contributed by atoms with van der Waals surface area (Å²) in [6, 6.07) is 11.4. The molecule has 5 rings (SSSR count). The van der Waals surface area contributed by atoms with Crippen molar-refractivity contribution in [2.24, 2.45) is 0 Å². The summed E-state index contributed by atoms with van der Waals surface area (Å²) in [4.78, 5) is 20.1. The number of hydrogen-bond donors (Lipinski definition) is 0. The number of hydrogen-bond acceptors (Lipinski definition) is 5. The Balaban J connectivity index is 1.27. The van der Waals surface area contributed by atoms with Gasteiger partial charge in [0.15, 0.2) is 17.5 Å². The molecular formula is C24H19F2N5. The lowest BCUT2D eigenvalue weighted by molar-refractivity contribution is 0.242. The minimum atomic E-state index is -0.871. The van der Waals surface area contributed by atoms with Gasteiger partial charge in [0.25, 0.3) is 0 Å². The molecule has 0 atom stereocenters. The van der Waals surface area contributed by atoms with Crippen molar-refractivity contribution >= 4 is 0 Å². The van der Waals surface area contributed by atoms with Gasteiger partial charge in [-0.25, -0.2) is 18.7 Å². The maximum Gasteiger partial charge on any atom is 0.159 e. The van der Waals surface area contributed by atoms with Crippen LogP contribution in [0.15, 0.2) is 67.3 Å². The smallest absolute Gasteiger partial charge is 0.159 e. The van der Waals surface area contributed by atoms with E-state index in [4.69, 9.17) is 4.98 Å². The van der Waals surface area contributed by atoms with E-state index in [0.717, 1.165) is 60.3 Å². The van der Waals surface area contributed by atoms with Gasteiger partial charge in [0.1, 0.15) is 0 Å². The lowest BCUT2D eigenvalue weighted by Crippen LogP contribution is -2.31. The van der Waals surface area contributed by atoms with Crippen LogP contribution in [0.5, 0.6) is 0 Å². The van der Waals surface area contributed by atoms with Crippen LogP contribution in [0.3, 0.4) is 0 Å². The monoisotopic (exact) mass is 415 g/mol. The number of rotatable bonds is 4. The van der Waals surface area contributed by atoms with Gasteiger partial charge in [-0.2, -0.15) is 0 Å². The standard InChI is InChI=1S/C24H19F2N5/c25-20-3-2-18(11-21(20)26)22-4-1-16(12-28-22)14-31-10-7-23-19(15-31)13-29-24(30-23)17-5-8-27-9-6-17/h1-6,8-9,11-13H,7,10,14-15H2. The first-order valence-electron chi connectivity index (χ1n) is 10.0. The van der Waals surface area contributed by atoms with Gasteiger partial charge in [-0.3, -0.25) is 14.9 Å². The third-order valence-corrected chi connectivity index (χ3v) is 5.40. The molecule has 0 unspecified atom stereocenters. The van der Waals surface area contributed by atoms with Crippen molar-refractivity contribution in [1.82, 2.24) is 24.8 Å². The van der Waals surface area contributed by atoms with Crippen LogP contribution in [0.25, 0.3) is 22.6 Å². The highest BCUT2D eigenvalue weighted by Gasteiger charge is 2.19. The van der Waals surface area contributed by atoms with Crippen LogP contribution >= 0.6 is 0 Å². The molecular weight excluding hydrogens is 396 g/mol. The molecule has 1 aliphatic rings. The van der Waals surface area contributed by atoms with Crippen LogP contribution in [0.2, 0.25) is 0 Å². The van der Waals surface area contributed by atoms with Gasteiger partial charge in [0.2, 0.25) is 0 Å². The highest BCUT2D eigenvalue weighted by Crippen LogP contribution is 2.23. The molecule has 3 aromatic heterocycles. The summed E-state index contributed by atoms with van der Waals surface area (Å²) < 4.78 is 26.6. The molecule has 4 heterocycles. The van der Waals surface area contributed by atoms with Crippen molar-refractivity contribution in [2.45, 2.75) is 19.5 Å². The van der Waals surface area contributed by atoms with Crippen molar-refractivity contribution in [1.29, 1.82) is 0 Å². The summed E-state index contributed by atoms with van der Waals surface area (Å²) in [6.07, 6.45) is 8.04. The van der Waals surface area contributed by atoms with Gasteiger partial charge in [-0.15, -0.1) is 0 Å². The molecule has 1 aliphatic heterocycles. The molecule has 0 saturated carbocycles. The molecule has 0 aliphatic carbocycles. The zero-order chi connectivity index (χ0) is 21.2. The topological polar surface area (TPSA) is 54.8 Å². The Kier molecular flexibility index (Phi) is 5.18. The number of pyridine rings is 2. The van der Waals surface area contributed by atoms with Crippen LogP contribution in [0.4, 0.5) is 8.78 Å². The lowest BCUT2D eigenvalue weighted by atomic mass is 10.1. The Labute approximate surface area is 178 Å². The van der Waals surface area contributed by atoms with Crippen LogP contribution in [0, 0.1) is 11.6 Å². The molecule has 0 bridgehead atoms. The Morgan fingerprint density at radius 2 is 1.74 bits per heavy atom. The van der Waals surface area contributed by atoms with Gasteiger partial charge in [0.05, 0.1) is 11.4 Å². The Bertz CT molecular complexity index is 1210. The fraction of sp³-hybridized carbons (Fsp3) is 0.167. The first-order chi connectivity index (χ1) is 15.2. The van der Waals surface area contributed by atoms with Crippen LogP contribution in [-0.4, -0.2) is 31.4 Å². The molecule has 7 heteroatoms. The molecule has 0 spiro atoms. The molecule has 0 saturated heterocycles. The fourth-order valence-corrected chi connectivity index (χ4v) is 3.75. The Morgan fingerprint density at radius 1 is 0.871 bits per heavy atom. The molecule has 5 nitrogen and oxygen atoms in total. The first-order valence-corrected chi connectivity index (χ1v) is 10.0. The van der Waals surface area contributed by atoms with Crippen molar-refractivity contribution in [3.63, 3.8) is 0 Å². The van der Waals surface area contributed by atoms with Gasteiger partial charge in [-0.05, 0) is 42.0 Å². The Hall–Kier alpha value is -3.58. The molecule has 0 fully saturated rings. The van der Waals surface area contributed by atoms with Crippen molar-refractivity contribution < 1.29 is 8.78 Å². The fourth-order valence-electron chi connectivity index (χ4n) is 3.75. The van der Waals surface area contributed by atoms with Gasteiger partial charge in [0, 0.05) is 67.5 Å². The third-order valence-electron chi connectivity index (χ3n) is 5.40. The second-order valence-electron chi connectivity index (χ2n) is 7.54. The molecule has 31 heavy (non-hydrogen) atoms. The van der Waals surface area contributed by atoms with E-state index in [1.54, 1.807) is 18.6 Å². The predicted molar refractivity (Wildman–Crippen MR) is 113 cm³/mol. The van der Waals surface area contributed by atoms with E-state index in [0.29, 0.717) is 11.3 Å². The average Bonchev–Trinajstić information content (AvgIpc) is 2.82. The summed E-state index contributed by atoms with van der Waals surface area (Å²) in [5.74, 6) is -1.00. The zero-order valence-corrected chi connectivity index (χ0v) is 16.7. The third kappa shape index (κ3) is 4.18. The van der Waals surface area contributed by atoms with Crippen LogP contribution in [0.1, 0.15) is 16.8 Å². The van der Waals surface area contributed by atoms with E-state index < -0.39 is 11.6 Å². The van der Waals surface area contributed by atoms with Gasteiger partial charge in [-0.1, -0.05) is 6.07 Å². The van der Waals surface area contributed by atoms with Crippen molar-refractivity contribution in [3.05, 3.63) is 95.7 Å². The summed E-state index contributed by atoms with van der Waals surface area (Å²) in [5.41, 5.74) is 5.42. The van der Waals surface area contributed by atoms with Gasteiger partial charge >= 0.3 is 0 Å².